The molecule has 1 aliphatic carbocycles. The zero-order chi connectivity index (χ0) is 37.2. The number of allylic oxidation sites excluding steroid dienone is 1. The van der Waals surface area contributed by atoms with Crippen LogP contribution in [0, 0.1) is 0 Å². The van der Waals surface area contributed by atoms with Gasteiger partial charge in [0.25, 0.3) is 5.91 Å². The molecule has 0 radical (unpaired) electrons. The summed E-state index contributed by atoms with van der Waals surface area (Å²) in [5, 5.41) is 10.2. The SMILES string of the molecule is C=C1CCC(N2Cc3cc(N4CCN(CCCCCOc5ccc([C@@H]6c7ccc(O)cc7CC[C@@H]6c6ccccc6)cc5)CC4)ccc3C2=O)C(=O)N1C. The number of unbranched alkanes of at least 4 members (excludes halogenated alkanes) is 2. The van der Waals surface area contributed by atoms with Crippen molar-refractivity contribution in [1.82, 2.24) is 14.7 Å². The summed E-state index contributed by atoms with van der Waals surface area (Å²) >= 11 is 0. The van der Waals surface area contributed by atoms with E-state index in [9.17, 15) is 14.7 Å². The van der Waals surface area contributed by atoms with E-state index < -0.39 is 6.04 Å². The summed E-state index contributed by atoms with van der Waals surface area (Å²) < 4.78 is 6.19. The van der Waals surface area contributed by atoms with Crippen LogP contribution in [0.25, 0.3) is 0 Å². The molecular formula is C46H52N4O4. The zero-order valence-electron chi connectivity index (χ0n) is 31.5. The van der Waals surface area contributed by atoms with E-state index >= 15 is 0 Å². The first-order chi connectivity index (χ1) is 26.3. The first-order valence-electron chi connectivity index (χ1n) is 19.8. The van der Waals surface area contributed by atoms with Crippen molar-refractivity contribution in [3.8, 4) is 11.5 Å². The van der Waals surface area contributed by atoms with Gasteiger partial charge in [-0.1, -0.05) is 55.1 Å². The Labute approximate surface area is 319 Å². The molecule has 3 atom stereocenters. The third-order valence-electron chi connectivity index (χ3n) is 12.3. The van der Waals surface area contributed by atoms with Crippen molar-refractivity contribution in [2.75, 3.05) is 51.3 Å². The predicted octanol–water partition coefficient (Wildman–Crippen LogP) is 7.72. The van der Waals surface area contributed by atoms with Crippen molar-refractivity contribution < 1.29 is 19.4 Å². The molecule has 4 aromatic carbocycles. The average Bonchev–Trinajstić information content (AvgIpc) is 3.53. The van der Waals surface area contributed by atoms with Crippen molar-refractivity contribution in [2.24, 2.45) is 0 Å². The summed E-state index contributed by atoms with van der Waals surface area (Å²) in [6, 6.07) is 31.2. The number of piperidine rings is 1. The van der Waals surface area contributed by atoms with Gasteiger partial charge < -0.3 is 24.5 Å². The molecule has 2 amide bonds. The van der Waals surface area contributed by atoms with E-state index in [1.54, 1.807) is 16.8 Å². The van der Waals surface area contributed by atoms with E-state index in [1.807, 2.05) is 18.2 Å². The second kappa shape index (κ2) is 15.7. The van der Waals surface area contributed by atoms with Gasteiger partial charge in [0.05, 0.1) is 6.61 Å². The van der Waals surface area contributed by atoms with Gasteiger partial charge in [-0.05, 0) is 128 Å². The van der Waals surface area contributed by atoms with Crippen LogP contribution in [0.3, 0.4) is 0 Å². The fourth-order valence-corrected chi connectivity index (χ4v) is 9.12. The normalized spacial score (nSPS) is 21.7. The third-order valence-corrected chi connectivity index (χ3v) is 12.3. The number of likely N-dealkylation sites (tertiary alicyclic amines) is 1. The highest BCUT2D eigenvalue weighted by molar-refractivity contribution is 6.01. The van der Waals surface area contributed by atoms with Crippen LogP contribution < -0.4 is 9.64 Å². The highest BCUT2D eigenvalue weighted by atomic mass is 16.5. The number of hydrogen-bond donors (Lipinski definition) is 1. The van der Waals surface area contributed by atoms with Crippen LogP contribution in [-0.4, -0.2) is 84.0 Å². The number of aromatic hydroxyl groups is 1. The molecule has 1 unspecified atom stereocenters. The minimum atomic E-state index is -0.414. The lowest BCUT2D eigenvalue weighted by molar-refractivity contribution is -0.135. The molecule has 0 bridgehead atoms. The number of anilines is 1. The Morgan fingerprint density at radius 3 is 2.39 bits per heavy atom. The summed E-state index contributed by atoms with van der Waals surface area (Å²) in [7, 11) is 1.75. The topological polar surface area (TPSA) is 76.6 Å². The molecule has 54 heavy (non-hydrogen) atoms. The zero-order valence-corrected chi connectivity index (χ0v) is 31.5. The molecule has 2 fully saturated rings. The largest absolute Gasteiger partial charge is 0.508 e. The van der Waals surface area contributed by atoms with Gasteiger partial charge in [-0.15, -0.1) is 0 Å². The summed E-state index contributed by atoms with van der Waals surface area (Å²) in [6.45, 7) is 10.3. The molecule has 3 aliphatic heterocycles. The summed E-state index contributed by atoms with van der Waals surface area (Å²) in [6.07, 6.45) is 6.70. The quantitative estimate of drug-likeness (QED) is 0.160. The number of hydrogen-bond acceptors (Lipinski definition) is 6. The summed E-state index contributed by atoms with van der Waals surface area (Å²) in [5.74, 6) is 1.81. The molecule has 8 heteroatoms. The Bertz CT molecular complexity index is 1990. The fraction of sp³-hybridized carbons (Fsp3) is 0.391. The molecule has 0 spiro atoms. The van der Waals surface area contributed by atoms with Crippen LogP contribution in [0.1, 0.15) is 88.5 Å². The van der Waals surface area contributed by atoms with Crippen molar-refractivity contribution >= 4 is 17.5 Å². The molecule has 1 N–H and O–H groups in total. The monoisotopic (exact) mass is 724 g/mol. The minimum absolute atomic E-state index is 0.0366. The van der Waals surface area contributed by atoms with E-state index in [1.165, 1.54) is 22.3 Å². The van der Waals surface area contributed by atoms with Gasteiger partial charge in [-0.3, -0.25) is 14.5 Å². The maximum Gasteiger partial charge on any atom is 0.255 e. The minimum Gasteiger partial charge on any atom is -0.508 e. The van der Waals surface area contributed by atoms with E-state index in [-0.39, 0.29) is 17.7 Å². The number of fused-ring (bicyclic) bond motifs is 2. The lowest BCUT2D eigenvalue weighted by Gasteiger charge is -2.36. The molecule has 2 saturated heterocycles. The molecule has 8 nitrogen and oxygen atoms in total. The number of carbonyl (C=O) groups excluding carboxylic acids is 2. The summed E-state index contributed by atoms with van der Waals surface area (Å²) in [5.41, 5.74) is 8.93. The fourth-order valence-electron chi connectivity index (χ4n) is 9.12. The predicted molar refractivity (Wildman–Crippen MR) is 213 cm³/mol. The first-order valence-corrected chi connectivity index (χ1v) is 19.8. The van der Waals surface area contributed by atoms with Crippen LogP contribution in [-0.2, 0) is 17.8 Å². The lowest BCUT2D eigenvalue weighted by Crippen LogP contribution is -2.50. The van der Waals surface area contributed by atoms with Crippen LogP contribution in [0.4, 0.5) is 5.69 Å². The van der Waals surface area contributed by atoms with Crippen LogP contribution >= 0.6 is 0 Å². The first kappa shape index (κ1) is 35.9. The smallest absolute Gasteiger partial charge is 0.255 e. The van der Waals surface area contributed by atoms with E-state index in [4.69, 9.17) is 4.74 Å². The number of amides is 2. The second-order valence-corrected chi connectivity index (χ2v) is 15.5. The number of rotatable bonds is 11. The maximum atomic E-state index is 13.3. The van der Waals surface area contributed by atoms with Crippen molar-refractivity contribution in [2.45, 2.75) is 69.4 Å². The van der Waals surface area contributed by atoms with E-state index in [0.717, 1.165) is 99.5 Å². The number of phenols is 1. The third kappa shape index (κ3) is 7.36. The average molecular weight is 725 g/mol. The molecule has 0 saturated carbocycles. The number of likely N-dealkylation sites (N-methyl/N-ethyl adjacent to an activating group) is 1. The number of benzene rings is 4. The number of nitrogens with zero attached hydrogens (tertiary/aromatic N) is 4. The number of ether oxygens (including phenoxy) is 1. The Morgan fingerprint density at radius 1 is 0.796 bits per heavy atom. The van der Waals surface area contributed by atoms with Crippen LogP contribution in [0.5, 0.6) is 11.5 Å². The Morgan fingerprint density at radius 2 is 1.59 bits per heavy atom. The molecular weight excluding hydrogens is 673 g/mol. The second-order valence-electron chi connectivity index (χ2n) is 15.5. The highest BCUT2D eigenvalue weighted by Crippen LogP contribution is 2.47. The van der Waals surface area contributed by atoms with E-state index in [0.29, 0.717) is 31.2 Å². The molecule has 0 aromatic heterocycles. The standard InChI is InChI=1S/C46H52N4O4/c1-32-11-22-43(46(53)47(32)2)50-31-36-29-37(15-20-42(36)45(50)52)49-26-24-48(25-27-49)23-7-4-8-28-54-39-17-12-34(13-18-39)44-40(33-9-5-3-6-10-33)19-14-35-30-38(51)16-21-41(35)44/h3,5-6,9-10,12-13,15-18,20-21,29-30,40,43-44,51H,1,4,7-8,11,14,19,22-28,31H2,2H3/t40-,43?,44+/m1/s1. The van der Waals surface area contributed by atoms with Gasteiger partial charge in [0, 0.05) is 62.6 Å². The van der Waals surface area contributed by atoms with Gasteiger partial charge in [0.2, 0.25) is 5.91 Å². The van der Waals surface area contributed by atoms with Crippen molar-refractivity contribution in [3.05, 3.63) is 137 Å². The maximum absolute atomic E-state index is 13.3. The molecule has 280 valence electrons. The Balaban J connectivity index is 0.774. The molecule has 4 aromatic rings. The van der Waals surface area contributed by atoms with Gasteiger partial charge in [-0.2, -0.15) is 0 Å². The van der Waals surface area contributed by atoms with Gasteiger partial charge in [0.15, 0.2) is 0 Å². The van der Waals surface area contributed by atoms with E-state index in [2.05, 4.69) is 89.2 Å². The van der Waals surface area contributed by atoms with Crippen molar-refractivity contribution in [1.29, 1.82) is 0 Å². The number of phenolic OH excluding ortho intramolecular Hbond substituents is 1. The van der Waals surface area contributed by atoms with Crippen LogP contribution in [0.15, 0.2) is 103 Å². The van der Waals surface area contributed by atoms with Gasteiger partial charge in [0.1, 0.15) is 17.5 Å². The van der Waals surface area contributed by atoms with Crippen LogP contribution in [0.2, 0.25) is 0 Å². The lowest BCUT2D eigenvalue weighted by atomic mass is 9.69. The summed E-state index contributed by atoms with van der Waals surface area (Å²) in [4.78, 5) is 34.5. The molecule has 3 heterocycles. The highest BCUT2D eigenvalue weighted by Gasteiger charge is 2.40. The number of aryl methyl sites for hydroxylation is 1. The van der Waals surface area contributed by atoms with Gasteiger partial charge in [-0.25, -0.2) is 0 Å². The number of piperazine rings is 1. The molecule has 8 rings (SSSR count). The molecule has 4 aliphatic rings. The van der Waals surface area contributed by atoms with Crippen molar-refractivity contribution in [3.63, 3.8) is 0 Å². The van der Waals surface area contributed by atoms with Gasteiger partial charge >= 0.3 is 0 Å². The Hall–Kier alpha value is -5.08. The number of carbonyl (C=O) groups is 2. The Kier molecular flexibility index (Phi) is 10.5.